The summed E-state index contributed by atoms with van der Waals surface area (Å²) in [5, 5.41) is 3.19. The van der Waals surface area contributed by atoms with Crippen molar-refractivity contribution in [1.82, 2.24) is 5.32 Å². The molecule has 0 saturated carbocycles. The van der Waals surface area contributed by atoms with Crippen molar-refractivity contribution in [3.05, 3.63) is 29.8 Å². The zero-order valence-corrected chi connectivity index (χ0v) is 11.0. The molecule has 0 aromatic heterocycles. The smallest absolute Gasteiger partial charge is 0.236 e. The van der Waals surface area contributed by atoms with Crippen molar-refractivity contribution in [2.75, 3.05) is 23.1 Å². The summed E-state index contributed by atoms with van der Waals surface area (Å²) in [6.07, 6.45) is 0. The molecule has 1 unspecified atom stereocenters. The van der Waals surface area contributed by atoms with Crippen LogP contribution in [0.4, 0.5) is 5.69 Å². The fourth-order valence-electron chi connectivity index (χ4n) is 2.02. The fourth-order valence-corrected chi connectivity index (χ4v) is 3.50. The summed E-state index contributed by atoms with van der Waals surface area (Å²) >= 11 is 0. The first kappa shape index (κ1) is 12.4. The molecule has 5 heteroatoms. The highest BCUT2D eigenvalue weighted by atomic mass is 32.2. The molecule has 1 heterocycles. The number of sulfonamides is 1. The number of aryl methyl sites for hydroxylation is 1. The molecule has 1 fully saturated rings. The first-order valence-electron chi connectivity index (χ1n) is 5.79. The first-order valence-corrected chi connectivity index (χ1v) is 7.40. The first-order chi connectivity index (χ1) is 7.99. The minimum atomic E-state index is -3.19. The van der Waals surface area contributed by atoms with Gasteiger partial charge in [-0.05, 0) is 31.5 Å². The van der Waals surface area contributed by atoms with Crippen molar-refractivity contribution in [2.45, 2.75) is 19.9 Å². The van der Waals surface area contributed by atoms with Crippen molar-refractivity contribution in [3.63, 3.8) is 0 Å². The minimum Gasteiger partial charge on any atom is -0.311 e. The Morgan fingerprint density at radius 1 is 1.41 bits per heavy atom. The van der Waals surface area contributed by atoms with Gasteiger partial charge in [-0.3, -0.25) is 4.31 Å². The van der Waals surface area contributed by atoms with Crippen molar-refractivity contribution >= 4 is 15.7 Å². The van der Waals surface area contributed by atoms with Crippen LogP contribution in [-0.2, 0) is 10.0 Å². The third kappa shape index (κ3) is 2.79. The van der Waals surface area contributed by atoms with E-state index in [4.69, 9.17) is 0 Å². The second-order valence-corrected chi connectivity index (χ2v) is 6.55. The summed E-state index contributed by atoms with van der Waals surface area (Å²) in [5.74, 6) is 0.158. The van der Waals surface area contributed by atoms with Crippen molar-refractivity contribution in [1.29, 1.82) is 0 Å². The second kappa shape index (κ2) is 4.66. The lowest BCUT2D eigenvalue weighted by molar-refractivity contribution is 0.587. The molecule has 0 spiro atoms. The highest BCUT2D eigenvalue weighted by Crippen LogP contribution is 2.21. The Morgan fingerprint density at radius 2 is 2.18 bits per heavy atom. The minimum absolute atomic E-state index is 0.158. The number of rotatable bonds is 1. The number of hydrogen-bond donors (Lipinski definition) is 1. The monoisotopic (exact) mass is 254 g/mol. The van der Waals surface area contributed by atoms with Crippen LogP contribution < -0.4 is 9.62 Å². The Balaban J connectivity index is 2.39. The molecule has 2 rings (SSSR count). The fraction of sp³-hybridized carbons (Fsp3) is 0.500. The lowest BCUT2D eigenvalue weighted by atomic mass is 10.2. The van der Waals surface area contributed by atoms with Gasteiger partial charge in [0, 0.05) is 19.1 Å². The van der Waals surface area contributed by atoms with Gasteiger partial charge in [0.1, 0.15) is 0 Å². The highest BCUT2D eigenvalue weighted by Gasteiger charge is 2.27. The van der Waals surface area contributed by atoms with Gasteiger partial charge in [-0.15, -0.1) is 0 Å². The maximum absolute atomic E-state index is 12.1. The normalized spacial score (nSPS) is 24.4. The van der Waals surface area contributed by atoms with Crippen LogP contribution in [0.2, 0.25) is 0 Å². The van der Waals surface area contributed by atoms with Crippen LogP contribution in [0.3, 0.4) is 0 Å². The predicted octanol–water partition coefficient (Wildman–Crippen LogP) is 1.12. The van der Waals surface area contributed by atoms with Gasteiger partial charge < -0.3 is 5.32 Å². The van der Waals surface area contributed by atoms with Crippen LogP contribution in [-0.4, -0.2) is 33.3 Å². The standard InChI is InChI=1S/C12H18N2O2S/c1-10-4-3-5-12(8-10)14-9-11(2)13-6-7-17(14,15)16/h3-5,8,11,13H,6-7,9H2,1-2H3. The zero-order chi connectivity index (χ0) is 12.5. The largest absolute Gasteiger partial charge is 0.311 e. The average Bonchev–Trinajstić information content (AvgIpc) is 2.37. The molecule has 0 amide bonds. The zero-order valence-electron chi connectivity index (χ0n) is 10.2. The van der Waals surface area contributed by atoms with Crippen molar-refractivity contribution in [3.8, 4) is 0 Å². The molecule has 1 aliphatic heterocycles. The average molecular weight is 254 g/mol. The molecule has 0 aliphatic carbocycles. The molecule has 4 nitrogen and oxygen atoms in total. The van der Waals surface area contributed by atoms with E-state index in [0.717, 1.165) is 11.3 Å². The third-order valence-electron chi connectivity index (χ3n) is 2.92. The van der Waals surface area contributed by atoms with E-state index >= 15 is 0 Å². The van der Waals surface area contributed by atoms with Crippen LogP contribution >= 0.6 is 0 Å². The van der Waals surface area contributed by atoms with Gasteiger partial charge in [0.25, 0.3) is 0 Å². The number of anilines is 1. The Bertz CT molecular complexity index is 499. The van der Waals surface area contributed by atoms with Gasteiger partial charge in [0.15, 0.2) is 0 Å². The molecule has 1 saturated heterocycles. The lowest BCUT2D eigenvalue weighted by Gasteiger charge is -2.24. The summed E-state index contributed by atoms with van der Waals surface area (Å²) in [4.78, 5) is 0. The number of nitrogens with zero attached hydrogens (tertiary/aromatic N) is 1. The molecule has 94 valence electrons. The van der Waals surface area contributed by atoms with E-state index in [1.807, 2.05) is 38.1 Å². The van der Waals surface area contributed by atoms with Gasteiger partial charge in [-0.25, -0.2) is 8.42 Å². The molecule has 1 N–H and O–H groups in total. The van der Waals surface area contributed by atoms with Crippen LogP contribution in [0.1, 0.15) is 12.5 Å². The van der Waals surface area contributed by atoms with Gasteiger partial charge in [0.2, 0.25) is 10.0 Å². The topological polar surface area (TPSA) is 49.4 Å². The van der Waals surface area contributed by atoms with E-state index in [-0.39, 0.29) is 11.8 Å². The van der Waals surface area contributed by atoms with E-state index in [1.165, 1.54) is 4.31 Å². The molecule has 0 bridgehead atoms. The molecule has 1 aromatic rings. The Labute approximate surface area is 103 Å². The Hall–Kier alpha value is -1.07. The van der Waals surface area contributed by atoms with E-state index < -0.39 is 10.0 Å². The molecule has 1 aromatic carbocycles. The number of benzene rings is 1. The van der Waals surface area contributed by atoms with Crippen molar-refractivity contribution in [2.24, 2.45) is 0 Å². The molecule has 1 aliphatic rings. The summed E-state index contributed by atoms with van der Waals surface area (Å²) in [5.41, 5.74) is 1.84. The third-order valence-corrected chi connectivity index (χ3v) is 4.67. The quantitative estimate of drug-likeness (QED) is 0.817. The molecular weight excluding hydrogens is 236 g/mol. The summed E-state index contributed by atoms with van der Waals surface area (Å²) in [7, 11) is -3.19. The van der Waals surface area contributed by atoms with Gasteiger partial charge in [-0.1, -0.05) is 12.1 Å². The van der Waals surface area contributed by atoms with Crippen LogP contribution in [0.15, 0.2) is 24.3 Å². The van der Waals surface area contributed by atoms with Crippen molar-refractivity contribution < 1.29 is 8.42 Å². The van der Waals surface area contributed by atoms with E-state index in [2.05, 4.69) is 5.32 Å². The Morgan fingerprint density at radius 3 is 2.88 bits per heavy atom. The maximum Gasteiger partial charge on any atom is 0.236 e. The van der Waals surface area contributed by atoms with Gasteiger partial charge >= 0.3 is 0 Å². The van der Waals surface area contributed by atoms with E-state index in [9.17, 15) is 8.42 Å². The van der Waals surface area contributed by atoms with Crippen LogP contribution in [0.25, 0.3) is 0 Å². The molecular formula is C12H18N2O2S. The predicted molar refractivity (Wildman–Crippen MR) is 69.8 cm³/mol. The summed E-state index contributed by atoms with van der Waals surface area (Å²) in [6, 6.07) is 7.80. The SMILES string of the molecule is Cc1cccc(N2CC(C)NCCS2(=O)=O)c1. The van der Waals surface area contributed by atoms with Crippen LogP contribution in [0, 0.1) is 6.92 Å². The lowest BCUT2D eigenvalue weighted by Crippen LogP contribution is -2.37. The second-order valence-electron chi connectivity index (χ2n) is 4.54. The molecule has 0 radical (unpaired) electrons. The molecule has 17 heavy (non-hydrogen) atoms. The van der Waals surface area contributed by atoms with Crippen LogP contribution in [0.5, 0.6) is 0 Å². The highest BCUT2D eigenvalue weighted by molar-refractivity contribution is 7.92. The number of nitrogens with one attached hydrogen (secondary N) is 1. The summed E-state index contributed by atoms with van der Waals surface area (Å²) in [6.45, 7) is 4.98. The van der Waals surface area contributed by atoms with E-state index in [1.54, 1.807) is 0 Å². The Kier molecular flexibility index (Phi) is 3.40. The maximum atomic E-state index is 12.1. The van der Waals surface area contributed by atoms with Gasteiger partial charge in [-0.2, -0.15) is 0 Å². The van der Waals surface area contributed by atoms with Gasteiger partial charge in [0.05, 0.1) is 11.4 Å². The summed E-state index contributed by atoms with van der Waals surface area (Å²) < 4.78 is 25.8. The van der Waals surface area contributed by atoms with E-state index in [0.29, 0.717) is 13.1 Å². The number of hydrogen-bond acceptors (Lipinski definition) is 3. The molecule has 1 atom stereocenters.